The molecule has 0 saturated heterocycles. The maximum atomic E-state index is 12.8. The molecule has 0 aromatic heterocycles. The number of ether oxygens (including phenoxy) is 1. The maximum Gasteiger partial charge on any atom is 0.338 e. The number of carbonyl (C=O) groups excluding carboxylic acids is 2. The van der Waals surface area contributed by atoms with Gasteiger partial charge in [0.15, 0.2) is 6.10 Å². The number of hydrogen-bond acceptors (Lipinski definition) is 5. The highest BCUT2D eigenvalue weighted by atomic mass is 35.5. The number of halogens is 2. The fourth-order valence-corrected chi connectivity index (χ4v) is 4.84. The lowest BCUT2D eigenvalue weighted by Gasteiger charge is -2.19. The lowest BCUT2D eigenvalue weighted by atomic mass is 10.1. The summed E-state index contributed by atoms with van der Waals surface area (Å²) in [6.45, 7) is 5.36. The second-order valence-corrected chi connectivity index (χ2v) is 8.91. The molecule has 0 aliphatic rings. The molecule has 0 radical (unpaired) electrons. The largest absolute Gasteiger partial charge is 0.451 e. The smallest absolute Gasteiger partial charge is 0.338 e. The zero-order valence-electron chi connectivity index (χ0n) is 16.2. The summed E-state index contributed by atoms with van der Waals surface area (Å²) in [5, 5.41) is 0.384. The van der Waals surface area contributed by atoms with Gasteiger partial charge in [-0.15, -0.1) is 0 Å². The summed E-state index contributed by atoms with van der Waals surface area (Å²) >= 11 is 12.0. The molecular weight excluding hydrogens is 437 g/mol. The first kappa shape index (κ1) is 23.3. The third-order valence-electron chi connectivity index (χ3n) is 4.25. The maximum absolute atomic E-state index is 12.8. The number of sulfonamides is 1. The molecule has 2 aromatic rings. The lowest BCUT2D eigenvalue weighted by molar-refractivity contribution is 0.0318. The topological polar surface area (TPSA) is 80.8 Å². The molecule has 0 heterocycles. The average Bonchev–Trinajstić information content (AvgIpc) is 2.68. The molecule has 0 spiro atoms. The summed E-state index contributed by atoms with van der Waals surface area (Å²) in [4.78, 5) is 24.8. The number of Topliss-reactive ketones (excluding diaryl/α,β-unsaturated/α-hetero) is 1. The van der Waals surface area contributed by atoms with Crippen LogP contribution in [0.2, 0.25) is 10.0 Å². The van der Waals surface area contributed by atoms with Crippen molar-refractivity contribution in [3.8, 4) is 0 Å². The quantitative estimate of drug-likeness (QED) is 0.431. The zero-order chi connectivity index (χ0) is 21.8. The average molecular weight is 458 g/mol. The van der Waals surface area contributed by atoms with Gasteiger partial charge in [-0.25, -0.2) is 13.2 Å². The van der Waals surface area contributed by atoms with E-state index >= 15 is 0 Å². The van der Waals surface area contributed by atoms with E-state index in [0.29, 0.717) is 10.6 Å². The Balaban J connectivity index is 2.27. The molecule has 1 atom stereocenters. The summed E-state index contributed by atoms with van der Waals surface area (Å²) in [5.74, 6) is -1.26. The number of hydrogen-bond donors (Lipinski definition) is 0. The molecule has 2 rings (SSSR count). The standard InChI is InChI=1S/C20H21Cl2NO5S/c1-4-23(5-2)29(26,27)18-12-15(9-10-17(18)22)20(25)28-13(3)19(24)14-7-6-8-16(21)11-14/h6-13H,4-5H2,1-3H3. The Morgan fingerprint density at radius 3 is 2.28 bits per heavy atom. The van der Waals surface area contributed by atoms with Crippen LogP contribution in [0.25, 0.3) is 0 Å². The van der Waals surface area contributed by atoms with Crippen molar-refractivity contribution in [2.45, 2.75) is 31.8 Å². The first-order valence-electron chi connectivity index (χ1n) is 8.92. The highest BCUT2D eigenvalue weighted by Gasteiger charge is 2.27. The van der Waals surface area contributed by atoms with Crippen LogP contribution in [0.3, 0.4) is 0 Å². The van der Waals surface area contributed by atoms with Gasteiger partial charge in [0, 0.05) is 23.7 Å². The third kappa shape index (κ3) is 5.36. The Hall–Kier alpha value is -1.93. The van der Waals surface area contributed by atoms with Gasteiger partial charge in [-0.3, -0.25) is 4.79 Å². The number of carbonyl (C=O) groups is 2. The van der Waals surface area contributed by atoms with E-state index in [2.05, 4.69) is 0 Å². The first-order valence-corrected chi connectivity index (χ1v) is 11.1. The Labute approximate surface area is 180 Å². The van der Waals surface area contributed by atoms with E-state index in [0.717, 1.165) is 6.07 Å². The highest BCUT2D eigenvalue weighted by molar-refractivity contribution is 7.89. The van der Waals surface area contributed by atoms with Gasteiger partial charge in [0.25, 0.3) is 0 Å². The molecule has 1 unspecified atom stereocenters. The monoisotopic (exact) mass is 457 g/mol. The number of rotatable bonds is 8. The third-order valence-corrected chi connectivity index (χ3v) is 7.02. The van der Waals surface area contributed by atoms with Crippen molar-refractivity contribution in [2.24, 2.45) is 0 Å². The zero-order valence-corrected chi connectivity index (χ0v) is 18.5. The summed E-state index contributed by atoms with van der Waals surface area (Å²) in [6, 6.07) is 10.1. The predicted octanol–water partition coefficient (Wildman–Crippen LogP) is 4.45. The minimum Gasteiger partial charge on any atom is -0.451 e. The van der Waals surface area contributed by atoms with E-state index in [1.54, 1.807) is 32.0 Å². The number of ketones is 1. The molecule has 0 fully saturated rings. The second-order valence-electron chi connectivity index (χ2n) is 6.16. The fraction of sp³-hybridized carbons (Fsp3) is 0.300. The molecule has 0 aliphatic carbocycles. The number of benzene rings is 2. The summed E-state index contributed by atoms with van der Waals surface area (Å²) in [6.07, 6.45) is -1.08. The summed E-state index contributed by atoms with van der Waals surface area (Å²) < 4.78 is 32.0. The second kappa shape index (κ2) is 9.71. The molecule has 2 aromatic carbocycles. The van der Waals surface area contributed by atoms with Gasteiger partial charge in [-0.2, -0.15) is 4.31 Å². The lowest BCUT2D eigenvalue weighted by Crippen LogP contribution is -2.31. The predicted molar refractivity (Wildman–Crippen MR) is 112 cm³/mol. The van der Waals surface area contributed by atoms with E-state index in [-0.39, 0.29) is 28.6 Å². The van der Waals surface area contributed by atoms with E-state index in [9.17, 15) is 18.0 Å². The van der Waals surface area contributed by atoms with E-state index in [1.165, 1.54) is 29.4 Å². The van der Waals surface area contributed by atoms with Gasteiger partial charge >= 0.3 is 5.97 Å². The van der Waals surface area contributed by atoms with E-state index in [1.807, 2.05) is 0 Å². The number of esters is 1. The first-order chi connectivity index (χ1) is 13.6. The van der Waals surface area contributed by atoms with Gasteiger partial charge < -0.3 is 4.74 Å². The van der Waals surface area contributed by atoms with E-state index < -0.39 is 27.9 Å². The Bertz CT molecular complexity index is 1020. The minimum atomic E-state index is -3.87. The highest BCUT2D eigenvalue weighted by Crippen LogP contribution is 2.26. The SMILES string of the molecule is CCN(CC)S(=O)(=O)c1cc(C(=O)OC(C)C(=O)c2cccc(Cl)c2)ccc1Cl. The van der Waals surface area contributed by atoms with Crippen LogP contribution < -0.4 is 0 Å². The molecule has 0 amide bonds. The van der Waals surface area contributed by atoms with Crippen LogP contribution in [-0.2, 0) is 14.8 Å². The minimum absolute atomic E-state index is 0.00324. The van der Waals surface area contributed by atoms with Crippen molar-refractivity contribution in [3.63, 3.8) is 0 Å². The Kier molecular flexibility index (Phi) is 7.82. The van der Waals surface area contributed by atoms with Crippen LogP contribution in [0, 0.1) is 0 Å². The van der Waals surface area contributed by atoms with Crippen LogP contribution >= 0.6 is 23.2 Å². The van der Waals surface area contributed by atoms with Gasteiger partial charge in [-0.1, -0.05) is 49.2 Å². The molecule has 156 valence electrons. The van der Waals surface area contributed by atoms with Crippen LogP contribution in [-0.4, -0.2) is 43.7 Å². The van der Waals surface area contributed by atoms with Crippen LogP contribution in [0.5, 0.6) is 0 Å². The Morgan fingerprint density at radius 1 is 1.03 bits per heavy atom. The molecule has 9 heteroatoms. The molecule has 29 heavy (non-hydrogen) atoms. The molecule has 0 bridgehead atoms. The molecular formula is C20H21Cl2NO5S. The van der Waals surface area contributed by atoms with Crippen molar-refractivity contribution in [1.29, 1.82) is 0 Å². The van der Waals surface area contributed by atoms with Gasteiger partial charge in [0.1, 0.15) is 4.90 Å². The molecule has 6 nitrogen and oxygen atoms in total. The van der Waals surface area contributed by atoms with Gasteiger partial charge in [0.05, 0.1) is 10.6 Å². The van der Waals surface area contributed by atoms with Crippen LogP contribution in [0.15, 0.2) is 47.4 Å². The van der Waals surface area contributed by atoms with Crippen molar-refractivity contribution in [3.05, 3.63) is 63.6 Å². The summed E-state index contributed by atoms with van der Waals surface area (Å²) in [7, 11) is -3.87. The molecule has 0 saturated carbocycles. The van der Waals surface area contributed by atoms with Crippen LogP contribution in [0.4, 0.5) is 0 Å². The fourth-order valence-electron chi connectivity index (χ4n) is 2.69. The van der Waals surface area contributed by atoms with Crippen molar-refractivity contribution in [1.82, 2.24) is 4.31 Å². The Morgan fingerprint density at radius 2 is 1.69 bits per heavy atom. The molecule has 0 aliphatic heterocycles. The van der Waals surface area contributed by atoms with Crippen molar-refractivity contribution >= 4 is 45.0 Å². The van der Waals surface area contributed by atoms with E-state index in [4.69, 9.17) is 27.9 Å². The van der Waals surface area contributed by atoms with Gasteiger partial charge in [-0.05, 0) is 37.3 Å². The number of nitrogens with zero attached hydrogens (tertiary/aromatic N) is 1. The van der Waals surface area contributed by atoms with Crippen molar-refractivity contribution in [2.75, 3.05) is 13.1 Å². The normalized spacial score (nSPS) is 12.6. The van der Waals surface area contributed by atoms with Crippen LogP contribution in [0.1, 0.15) is 41.5 Å². The summed E-state index contributed by atoms with van der Waals surface area (Å²) in [5.41, 5.74) is 0.282. The molecule has 0 N–H and O–H groups in total. The van der Waals surface area contributed by atoms with Crippen molar-refractivity contribution < 1.29 is 22.7 Å². The van der Waals surface area contributed by atoms with Gasteiger partial charge in [0.2, 0.25) is 15.8 Å².